The molecule has 0 bridgehead atoms. The maximum Gasteiger partial charge on any atom is 0.237 e. The number of benzene rings is 2. The van der Waals surface area contributed by atoms with Crippen molar-refractivity contribution >= 4 is 23.2 Å². The lowest BCUT2D eigenvalue weighted by Crippen LogP contribution is -2.34. The maximum absolute atomic E-state index is 13.0. The molecule has 0 amide bonds. The fraction of sp³-hybridized carbons (Fsp3) is 0.333. The van der Waals surface area contributed by atoms with E-state index >= 15 is 0 Å². The second-order valence-electron chi connectivity index (χ2n) is 10.8. The average molecular weight is 669 g/mol. The third-order valence-electron chi connectivity index (χ3n) is 7.70. The van der Waals surface area contributed by atoms with Crippen LogP contribution in [0.5, 0.6) is 11.8 Å². The molecule has 242 valence electrons. The second-order valence-corrected chi connectivity index (χ2v) is 11.5. The Hall–Kier alpha value is -3.87. The molecule has 0 spiro atoms. The Morgan fingerprint density at radius 3 is 1.96 bits per heavy atom. The zero-order chi connectivity index (χ0) is 32.6. The van der Waals surface area contributed by atoms with Crippen molar-refractivity contribution in [1.29, 1.82) is 0 Å². The highest BCUT2D eigenvalue weighted by molar-refractivity contribution is 6.39. The summed E-state index contributed by atoms with van der Waals surface area (Å²) in [6.07, 6.45) is 5.30. The molecule has 2 aromatic carbocycles. The van der Waals surface area contributed by atoms with Crippen molar-refractivity contribution in [3.63, 3.8) is 0 Å². The molecule has 46 heavy (non-hydrogen) atoms. The molecule has 4 N–H and O–H groups in total. The summed E-state index contributed by atoms with van der Waals surface area (Å²) in [4.78, 5) is 18.4. The highest BCUT2D eigenvalue weighted by atomic mass is 35.5. The van der Waals surface area contributed by atoms with Crippen molar-refractivity contribution in [1.82, 2.24) is 35.9 Å². The number of methoxy groups -OCH3 is 2. The van der Waals surface area contributed by atoms with Gasteiger partial charge in [-0.3, -0.25) is 9.97 Å². The highest BCUT2D eigenvalue weighted by Gasteiger charge is 2.20. The molecule has 1 saturated heterocycles. The van der Waals surface area contributed by atoms with Gasteiger partial charge in [0.05, 0.1) is 60.7 Å². The number of hydrogen-bond donors (Lipinski definition) is 4. The number of nitrogens with zero attached hydrogens (tertiary/aromatic N) is 4. The lowest BCUT2D eigenvalue weighted by atomic mass is 9.98. The molecule has 2 aromatic heterocycles. The van der Waals surface area contributed by atoms with Crippen LogP contribution < -0.4 is 25.4 Å². The van der Waals surface area contributed by atoms with Crippen LogP contribution in [0, 0.1) is 0 Å². The first kappa shape index (κ1) is 33.5. The summed E-state index contributed by atoms with van der Waals surface area (Å²) in [5, 5.41) is 19.8. The van der Waals surface area contributed by atoms with Crippen LogP contribution >= 0.6 is 23.2 Å². The minimum absolute atomic E-state index is 0.168. The first-order chi connectivity index (χ1) is 22.4. The predicted molar refractivity (Wildman–Crippen MR) is 178 cm³/mol. The fourth-order valence-electron chi connectivity index (χ4n) is 5.21. The number of aliphatic hydroxyl groups is 1. The van der Waals surface area contributed by atoms with Crippen LogP contribution in [0.2, 0.25) is 10.0 Å². The smallest absolute Gasteiger partial charge is 0.237 e. The zero-order valence-electron chi connectivity index (χ0n) is 25.6. The molecule has 4 aromatic rings. The van der Waals surface area contributed by atoms with E-state index in [0.717, 1.165) is 25.1 Å². The Kier molecular flexibility index (Phi) is 11.4. The van der Waals surface area contributed by atoms with Gasteiger partial charge in [-0.1, -0.05) is 66.2 Å². The second kappa shape index (κ2) is 15.6. The highest BCUT2D eigenvalue weighted by Crippen LogP contribution is 2.42. The van der Waals surface area contributed by atoms with Gasteiger partial charge in [-0.05, 0) is 12.8 Å². The Balaban J connectivity index is 1.39. The van der Waals surface area contributed by atoms with E-state index in [4.69, 9.17) is 37.7 Å². The van der Waals surface area contributed by atoms with Gasteiger partial charge < -0.3 is 30.5 Å². The van der Waals surface area contributed by atoms with E-state index in [1.165, 1.54) is 7.11 Å². The van der Waals surface area contributed by atoms with Crippen molar-refractivity contribution in [2.75, 3.05) is 34.0 Å². The van der Waals surface area contributed by atoms with Crippen LogP contribution in [0.15, 0.2) is 61.1 Å². The maximum atomic E-state index is 13.0. The van der Waals surface area contributed by atoms with Gasteiger partial charge >= 0.3 is 0 Å². The summed E-state index contributed by atoms with van der Waals surface area (Å²) in [5.74, 6) is 0.673. The van der Waals surface area contributed by atoms with E-state index < -0.39 is 12.7 Å². The Morgan fingerprint density at radius 2 is 1.48 bits per heavy atom. The molecule has 13 heteroatoms. The van der Waals surface area contributed by atoms with Gasteiger partial charge in [-0.2, -0.15) is 0 Å². The third-order valence-corrected chi connectivity index (χ3v) is 8.51. The van der Waals surface area contributed by atoms with E-state index in [0.29, 0.717) is 73.5 Å². The molecule has 1 unspecified atom stereocenters. The quantitative estimate of drug-likeness (QED) is 0.139. The van der Waals surface area contributed by atoms with Gasteiger partial charge in [0.25, 0.3) is 0 Å². The Labute approximate surface area is 277 Å². The molecule has 1 fully saturated rings. The van der Waals surface area contributed by atoms with E-state index in [9.17, 15) is 9.50 Å². The molecule has 0 saturated carbocycles. The number of hydrogen-bond acceptors (Lipinski definition) is 10. The normalized spacial score (nSPS) is 15.1. The number of aliphatic hydroxyl groups excluding tert-OH is 1. The molecule has 5 rings (SSSR count). The lowest BCUT2D eigenvalue weighted by molar-refractivity contribution is 0.215. The summed E-state index contributed by atoms with van der Waals surface area (Å²) in [6.45, 7) is 4.39. The van der Waals surface area contributed by atoms with Gasteiger partial charge in [-0.25, -0.2) is 14.4 Å². The van der Waals surface area contributed by atoms with Gasteiger partial charge in [0.1, 0.15) is 18.1 Å². The molecule has 3 heterocycles. The standard InChI is InChI=1S/C33H36Cl2FN7O3/c1-19-10-11-20(41-19)13-37-14-28-32(45-2)42-26(15-39-28)24-8-4-6-22(30(24)34)23-7-5-9-25(31(23)35)27-16-40-29(33(43-27)46-3)17-38-21(12-36)18-44/h4-9,15-16,20-21,37-38,41,44H,1,10-14,17-18H2,2-3H3/t20-,21?/m0/s1. The molecule has 1 aliphatic heterocycles. The number of alkyl halides is 1. The summed E-state index contributed by atoms with van der Waals surface area (Å²) in [6, 6.07) is 10.9. The van der Waals surface area contributed by atoms with E-state index in [2.05, 4.69) is 37.5 Å². The predicted octanol–water partition coefficient (Wildman–Crippen LogP) is 5.37. The lowest BCUT2D eigenvalue weighted by Gasteiger charge is -2.16. The van der Waals surface area contributed by atoms with Gasteiger partial charge in [0.15, 0.2) is 0 Å². The number of allylic oxidation sites excluding steroid dienone is 1. The van der Waals surface area contributed by atoms with Crippen LogP contribution in [0.4, 0.5) is 4.39 Å². The van der Waals surface area contributed by atoms with Crippen molar-refractivity contribution < 1.29 is 19.0 Å². The van der Waals surface area contributed by atoms with Crippen LogP contribution in [0.3, 0.4) is 0 Å². The van der Waals surface area contributed by atoms with Gasteiger partial charge in [0.2, 0.25) is 11.8 Å². The van der Waals surface area contributed by atoms with Crippen LogP contribution in [-0.2, 0) is 13.1 Å². The fourth-order valence-corrected chi connectivity index (χ4v) is 5.86. The van der Waals surface area contributed by atoms with E-state index in [1.54, 1.807) is 19.5 Å². The van der Waals surface area contributed by atoms with Crippen molar-refractivity contribution in [3.05, 3.63) is 82.5 Å². The molecule has 1 aliphatic rings. The molecule has 0 aliphatic carbocycles. The summed E-state index contributed by atoms with van der Waals surface area (Å²) < 4.78 is 24.1. The topological polar surface area (TPSA) is 126 Å². The third kappa shape index (κ3) is 7.56. The molecule has 10 nitrogen and oxygen atoms in total. The summed E-state index contributed by atoms with van der Waals surface area (Å²) in [5.41, 5.74) is 5.96. The largest absolute Gasteiger partial charge is 0.480 e. The van der Waals surface area contributed by atoms with E-state index in [1.807, 2.05) is 36.4 Å². The molecular weight excluding hydrogens is 632 g/mol. The van der Waals surface area contributed by atoms with Gasteiger partial charge in [-0.15, -0.1) is 0 Å². The van der Waals surface area contributed by atoms with Crippen molar-refractivity contribution in [2.45, 2.75) is 38.0 Å². The minimum Gasteiger partial charge on any atom is -0.480 e. The Bertz CT molecular complexity index is 1690. The Morgan fingerprint density at radius 1 is 0.935 bits per heavy atom. The summed E-state index contributed by atoms with van der Waals surface area (Å²) in [7, 11) is 3.05. The minimum atomic E-state index is -0.713. The first-order valence-electron chi connectivity index (χ1n) is 14.8. The van der Waals surface area contributed by atoms with E-state index in [-0.39, 0.29) is 19.0 Å². The monoisotopic (exact) mass is 667 g/mol. The van der Waals surface area contributed by atoms with Gasteiger partial charge in [0, 0.05) is 53.6 Å². The molecule has 2 atom stereocenters. The number of ether oxygens (including phenoxy) is 2. The van der Waals surface area contributed by atoms with Crippen LogP contribution in [0.1, 0.15) is 24.2 Å². The van der Waals surface area contributed by atoms with Crippen molar-refractivity contribution in [2.24, 2.45) is 0 Å². The number of rotatable bonds is 14. The zero-order valence-corrected chi connectivity index (χ0v) is 27.1. The van der Waals surface area contributed by atoms with Crippen LogP contribution in [0.25, 0.3) is 33.6 Å². The number of nitrogens with one attached hydrogen (secondary N) is 3. The number of halogens is 3. The number of aromatic nitrogens is 4. The average Bonchev–Trinajstić information content (AvgIpc) is 3.50. The molecule has 0 radical (unpaired) electrons. The SMILES string of the molecule is C=C1CC[C@@H](CNCc2ncc(-c3cccc(-c4cccc(-c5cnc(CNC(CO)CF)c(OC)n5)c4Cl)c3Cl)nc2OC)N1. The van der Waals surface area contributed by atoms with Crippen LogP contribution in [-0.4, -0.2) is 71.2 Å². The first-order valence-corrected chi connectivity index (χ1v) is 15.6. The van der Waals surface area contributed by atoms with Crippen molar-refractivity contribution in [3.8, 4) is 45.4 Å². The summed E-state index contributed by atoms with van der Waals surface area (Å²) >= 11 is 14.0. The molecular formula is C33H36Cl2FN7O3.